The van der Waals surface area contributed by atoms with Gasteiger partial charge in [0.1, 0.15) is 85.5 Å². The molecule has 4 fully saturated rings. The third kappa shape index (κ3) is 7.00. The van der Waals surface area contributed by atoms with E-state index in [1.54, 1.807) is 0 Å². The lowest BCUT2D eigenvalue weighted by molar-refractivity contribution is -0.400. The second-order valence-corrected chi connectivity index (χ2v) is 11.1. The highest BCUT2D eigenvalue weighted by Crippen LogP contribution is 2.34. The third-order valence-corrected chi connectivity index (χ3v) is 8.13. The van der Waals surface area contributed by atoms with Gasteiger partial charge in [-0.15, -0.1) is 0 Å². The average molecular weight is 635 g/mol. The first-order chi connectivity index (χ1) is 20.2. The molecule has 4 aliphatic rings. The van der Waals surface area contributed by atoms with E-state index in [0.29, 0.717) is 0 Å². The molecule has 4 saturated heterocycles. The Bertz CT molecular complexity index is 884. The molecule has 0 aromatic carbocycles. The van der Waals surface area contributed by atoms with Gasteiger partial charge in [0.25, 0.3) is 0 Å². The summed E-state index contributed by atoms with van der Waals surface area (Å²) in [5, 5.41) is 123. The van der Waals surface area contributed by atoms with Crippen LogP contribution in [0.25, 0.3) is 0 Å². The van der Waals surface area contributed by atoms with E-state index in [-0.39, 0.29) is 0 Å². The Balaban J connectivity index is 1.60. The van der Waals surface area contributed by atoms with Crippen LogP contribution >= 0.6 is 0 Å². The zero-order valence-corrected chi connectivity index (χ0v) is 23.2. The van der Waals surface area contributed by atoms with Gasteiger partial charge in [0.05, 0.1) is 25.4 Å². The van der Waals surface area contributed by atoms with Crippen molar-refractivity contribution in [3.8, 4) is 0 Å². The summed E-state index contributed by atoms with van der Waals surface area (Å²) in [4.78, 5) is 0. The summed E-state index contributed by atoms with van der Waals surface area (Å²) < 4.78 is 38.9. The summed E-state index contributed by atoms with van der Waals surface area (Å²) >= 11 is 0. The predicted octanol–water partition coefficient (Wildman–Crippen LogP) is -7.69. The fourth-order valence-electron chi connectivity index (χ4n) is 5.39. The van der Waals surface area contributed by atoms with Crippen LogP contribution < -0.4 is 0 Å². The molecule has 0 spiro atoms. The van der Waals surface area contributed by atoms with Crippen molar-refractivity contribution < 1.29 is 94.4 Å². The Morgan fingerprint density at radius 2 is 0.860 bits per heavy atom. The lowest BCUT2D eigenvalue weighted by Gasteiger charge is -2.49. The van der Waals surface area contributed by atoms with E-state index >= 15 is 0 Å². The summed E-state index contributed by atoms with van der Waals surface area (Å²) in [5.41, 5.74) is 0. The molecule has 20 atom stereocenters. The largest absolute Gasteiger partial charge is 0.394 e. The highest BCUT2D eigenvalue weighted by Gasteiger charge is 2.55. The quantitative estimate of drug-likeness (QED) is 0.118. The van der Waals surface area contributed by atoms with Crippen molar-refractivity contribution in [3.05, 3.63) is 0 Å². The fraction of sp³-hybridized carbons (Fsp3) is 1.00. The van der Waals surface area contributed by atoms with Crippen molar-refractivity contribution in [1.82, 2.24) is 0 Å². The van der Waals surface area contributed by atoms with Crippen LogP contribution in [0.2, 0.25) is 0 Å². The molecular formula is C24H42O19. The molecule has 0 aromatic heterocycles. The Hall–Kier alpha value is -0.760. The SMILES string of the molecule is C[C@@H]1O[C@@H](O[C@@H]2[C@H](O[C@H]3[C@H](O[C@H]4[C@H](O)[C@@H](O)C(O)O[C@@H]4CO)O[C@H](CO)[C@H](O)[C@@H]3O)O[C@@H](C)[C@@H](O)[C@H]2O)[C@@H](O)[C@H](O)[C@@H]1O. The van der Waals surface area contributed by atoms with E-state index in [1.165, 1.54) is 13.8 Å². The van der Waals surface area contributed by atoms with Crippen molar-refractivity contribution in [2.24, 2.45) is 0 Å². The number of aliphatic hydroxyl groups excluding tert-OH is 12. The summed E-state index contributed by atoms with van der Waals surface area (Å²) in [6.07, 6.45) is -33.1. The minimum Gasteiger partial charge on any atom is -0.394 e. The second-order valence-electron chi connectivity index (χ2n) is 11.1. The first-order valence-electron chi connectivity index (χ1n) is 13.8. The van der Waals surface area contributed by atoms with Gasteiger partial charge in [-0.25, -0.2) is 0 Å². The number of rotatable bonds is 8. The van der Waals surface area contributed by atoms with Crippen LogP contribution in [0, 0.1) is 0 Å². The highest BCUT2D eigenvalue weighted by molar-refractivity contribution is 4.97. The van der Waals surface area contributed by atoms with Crippen LogP contribution in [0.3, 0.4) is 0 Å². The molecule has 4 aliphatic heterocycles. The van der Waals surface area contributed by atoms with Crippen LogP contribution in [-0.4, -0.2) is 197 Å². The lowest BCUT2D eigenvalue weighted by Crippen LogP contribution is -2.67. The predicted molar refractivity (Wildman–Crippen MR) is 131 cm³/mol. The molecule has 19 heteroatoms. The van der Waals surface area contributed by atoms with Gasteiger partial charge in [-0.2, -0.15) is 0 Å². The van der Waals surface area contributed by atoms with E-state index in [9.17, 15) is 61.3 Å². The monoisotopic (exact) mass is 634 g/mol. The minimum absolute atomic E-state index is 0.815. The third-order valence-electron chi connectivity index (χ3n) is 8.13. The summed E-state index contributed by atoms with van der Waals surface area (Å²) in [6.45, 7) is 1.10. The number of hydrogen-bond donors (Lipinski definition) is 12. The molecule has 0 saturated carbocycles. The van der Waals surface area contributed by atoms with Gasteiger partial charge in [-0.3, -0.25) is 0 Å². The Labute approximate surface area is 244 Å². The molecule has 19 nitrogen and oxygen atoms in total. The first kappa shape index (κ1) is 35.1. The van der Waals surface area contributed by atoms with Crippen LogP contribution in [-0.2, 0) is 33.2 Å². The van der Waals surface area contributed by atoms with Crippen molar-refractivity contribution in [2.75, 3.05) is 13.2 Å². The zero-order valence-electron chi connectivity index (χ0n) is 23.2. The average Bonchev–Trinajstić information content (AvgIpc) is 2.98. The molecule has 0 aromatic rings. The lowest BCUT2D eigenvalue weighted by atomic mass is 9.96. The number of ether oxygens (including phenoxy) is 7. The van der Waals surface area contributed by atoms with Crippen molar-refractivity contribution in [2.45, 2.75) is 137 Å². The van der Waals surface area contributed by atoms with Crippen molar-refractivity contribution in [3.63, 3.8) is 0 Å². The van der Waals surface area contributed by atoms with Gasteiger partial charge in [0.2, 0.25) is 0 Å². The van der Waals surface area contributed by atoms with Crippen molar-refractivity contribution in [1.29, 1.82) is 0 Å². The molecule has 43 heavy (non-hydrogen) atoms. The van der Waals surface area contributed by atoms with Crippen LogP contribution in [0.15, 0.2) is 0 Å². The highest BCUT2D eigenvalue weighted by atomic mass is 16.8. The standard InChI is InChI=1S/C24H42O19/c1-5-9(27)12(30)17(35)22(37-5)42-19-13(31)10(28)6(2)38-23(19)43-20-14(32)11(29)7(3-25)40-24(20)41-18-8(4-26)39-21(36)16(34)15(18)33/h5-36H,3-4H2,1-2H3/t5-,6-,7+,8+,9+,10+,11-,12+,13+,14-,15+,16+,17-,18+,19-,20+,21?,22-,23-,24-/m0/s1. The van der Waals surface area contributed by atoms with Crippen LogP contribution in [0.4, 0.5) is 0 Å². The molecule has 4 heterocycles. The van der Waals surface area contributed by atoms with E-state index in [1.807, 2.05) is 0 Å². The number of aliphatic hydroxyl groups is 12. The van der Waals surface area contributed by atoms with Crippen LogP contribution in [0.5, 0.6) is 0 Å². The second kappa shape index (κ2) is 14.3. The van der Waals surface area contributed by atoms with Gasteiger partial charge in [-0.1, -0.05) is 0 Å². The van der Waals surface area contributed by atoms with E-state index < -0.39 is 136 Å². The van der Waals surface area contributed by atoms with E-state index in [2.05, 4.69) is 0 Å². The molecule has 4 rings (SSSR count). The summed E-state index contributed by atoms with van der Waals surface area (Å²) in [5.74, 6) is 0. The molecule has 252 valence electrons. The smallest absolute Gasteiger partial charge is 0.187 e. The maximum absolute atomic E-state index is 11.0. The zero-order chi connectivity index (χ0) is 31.9. The molecule has 0 radical (unpaired) electrons. The molecule has 0 bridgehead atoms. The Kier molecular flexibility index (Phi) is 11.7. The first-order valence-corrected chi connectivity index (χ1v) is 13.8. The van der Waals surface area contributed by atoms with E-state index in [4.69, 9.17) is 33.2 Å². The Morgan fingerprint density at radius 1 is 0.419 bits per heavy atom. The molecular weight excluding hydrogens is 592 g/mol. The van der Waals surface area contributed by atoms with Gasteiger partial charge in [0.15, 0.2) is 25.2 Å². The van der Waals surface area contributed by atoms with Gasteiger partial charge >= 0.3 is 0 Å². The molecule has 12 N–H and O–H groups in total. The minimum atomic E-state index is -1.92. The molecule has 0 amide bonds. The maximum Gasteiger partial charge on any atom is 0.187 e. The van der Waals surface area contributed by atoms with E-state index in [0.717, 1.165) is 0 Å². The number of hydrogen-bond acceptors (Lipinski definition) is 19. The van der Waals surface area contributed by atoms with Crippen molar-refractivity contribution >= 4 is 0 Å². The van der Waals surface area contributed by atoms with Gasteiger partial charge in [-0.05, 0) is 13.8 Å². The molecule has 0 aliphatic carbocycles. The normalized spacial score (nSPS) is 54.8. The van der Waals surface area contributed by atoms with Gasteiger partial charge < -0.3 is 94.4 Å². The van der Waals surface area contributed by atoms with Crippen LogP contribution in [0.1, 0.15) is 13.8 Å². The summed E-state index contributed by atoms with van der Waals surface area (Å²) in [7, 11) is 0. The summed E-state index contributed by atoms with van der Waals surface area (Å²) in [6, 6.07) is 0. The topological polar surface area (TPSA) is 307 Å². The maximum atomic E-state index is 11.0. The Morgan fingerprint density at radius 3 is 1.44 bits per heavy atom. The molecule has 1 unspecified atom stereocenters. The van der Waals surface area contributed by atoms with Gasteiger partial charge in [0, 0.05) is 0 Å². The fourth-order valence-corrected chi connectivity index (χ4v) is 5.39.